The molecule has 2 aliphatic heterocycles. The Morgan fingerprint density at radius 3 is 2.74 bits per heavy atom. The minimum Gasteiger partial charge on any atom is -0.387 e. The monoisotopic (exact) mass is 590 g/mol. The van der Waals surface area contributed by atoms with Gasteiger partial charge in [-0.3, -0.25) is 9.59 Å². The Hall–Kier alpha value is -3.22. The van der Waals surface area contributed by atoms with Gasteiger partial charge in [0.25, 0.3) is 5.56 Å². The average molecular weight is 591 g/mol. The smallest absolute Gasteiger partial charge is 0.306 e. The first kappa shape index (κ1) is 27.4. The molecule has 3 aromatic rings. The van der Waals surface area contributed by atoms with Gasteiger partial charge in [0.15, 0.2) is 11.9 Å². The van der Waals surface area contributed by atoms with Crippen LogP contribution in [0.3, 0.4) is 0 Å². The maximum atomic E-state index is 12.8. The number of oxime groups is 1. The maximum absolute atomic E-state index is 12.8. The zero-order chi connectivity index (χ0) is 27.7. The van der Waals surface area contributed by atoms with Crippen LogP contribution in [0.4, 0.5) is 0 Å². The molecular weight excluding hydrogens is 564 g/mol. The van der Waals surface area contributed by atoms with E-state index in [1.165, 1.54) is 10.6 Å². The van der Waals surface area contributed by atoms with Gasteiger partial charge in [-0.1, -0.05) is 28.9 Å². The number of rotatable bonds is 7. The first-order chi connectivity index (χ1) is 18.6. The Kier molecular flexibility index (Phi) is 7.79. The largest absolute Gasteiger partial charge is 0.387 e. The van der Waals surface area contributed by atoms with Gasteiger partial charge < -0.3 is 18.5 Å². The summed E-state index contributed by atoms with van der Waals surface area (Å²) in [7, 11) is -3.75. The number of piperidine rings is 1. The minimum absolute atomic E-state index is 0.0376. The van der Waals surface area contributed by atoms with Crippen molar-refractivity contribution < 1.29 is 22.2 Å². The van der Waals surface area contributed by atoms with Crippen LogP contribution in [0.25, 0.3) is 0 Å². The number of benzene rings is 1. The van der Waals surface area contributed by atoms with Crippen molar-refractivity contribution in [2.75, 3.05) is 19.3 Å². The number of pyridine rings is 1. The van der Waals surface area contributed by atoms with Gasteiger partial charge in [0.2, 0.25) is 5.91 Å². The van der Waals surface area contributed by atoms with Crippen molar-refractivity contribution in [3.8, 4) is 5.75 Å². The standard InChI is InChI=1S/C26H27ClN4O6S2/c1-16-5-4-10-31(26(16)33)14-23(32)30-11-8-17(9-12-30)25-28-20(15-38-25)19-13-22(36-29-19)24-18(27)6-3-7-21(24)37-39(2,34)35/h3-7,10,15,17,22H,8-9,11-14H2,1-2H3. The van der Waals surface area contributed by atoms with Gasteiger partial charge in [0.05, 0.1) is 27.5 Å². The Labute approximate surface area is 234 Å². The van der Waals surface area contributed by atoms with Crippen molar-refractivity contribution >= 4 is 44.7 Å². The zero-order valence-electron chi connectivity index (χ0n) is 21.4. The van der Waals surface area contributed by atoms with Crippen molar-refractivity contribution in [2.24, 2.45) is 5.16 Å². The molecule has 39 heavy (non-hydrogen) atoms. The zero-order valence-corrected chi connectivity index (χ0v) is 23.8. The van der Waals surface area contributed by atoms with E-state index in [1.54, 1.807) is 53.6 Å². The Morgan fingerprint density at radius 1 is 1.23 bits per heavy atom. The summed E-state index contributed by atoms with van der Waals surface area (Å²) in [6.45, 7) is 2.97. The van der Waals surface area contributed by atoms with Gasteiger partial charge in [-0.15, -0.1) is 11.3 Å². The molecule has 0 N–H and O–H groups in total. The number of halogens is 1. The summed E-state index contributed by atoms with van der Waals surface area (Å²) in [4.78, 5) is 37.3. The normalized spacial score (nSPS) is 18.1. The Balaban J connectivity index is 1.20. The number of hydrogen-bond donors (Lipinski definition) is 0. The van der Waals surface area contributed by atoms with Crippen molar-refractivity contribution in [1.29, 1.82) is 0 Å². The third-order valence-electron chi connectivity index (χ3n) is 6.78. The van der Waals surface area contributed by atoms with E-state index in [0.29, 0.717) is 47.1 Å². The molecule has 4 heterocycles. The van der Waals surface area contributed by atoms with Crippen molar-refractivity contribution in [1.82, 2.24) is 14.5 Å². The van der Waals surface area contributed by atoms with E-state index >= 15 is 0 Å². The van der Waals surface area contributed by atoms with E-state index in [2.05, 4.69) is 5.16 Å². The lowest BCUT2D eigenvalue weighted by molar-refractivity contribution is -0.132. The van der Waals surface area contributed by atoms with Crippen LogP contribution in [0.5, 0.6) is 5.75 Å². The predicted octanol–water partition coefficient (Wildman–Crippen LogP) is 3.88. The van der Waals surface area contributed by atoms with E-state index in [0.717, 1.165) is 24.1 Å². The molecular formula is C26H27ClN4O6S2. The fourth-order valence-electron chi connectivity index (χ4n) is 4.76. The topological polar surface area (TPSA) is 120 Å². The molecule has 0 radical (unpaired) electrons. The maximum Gasteiger partial charge on any atom is 0.306 e. The number of thiazole rings is 1. The fraction of sp³-hybridized carbons (Fsp3) is 0.385. The van der Waals surface area contributed by atoms with Crippen LogP contribution < -0.4 is 9.74 Å². The van der Waals surface area contributed by atoms with Gasteiger partial charge in [0.1, 0.15) is 12.3 Å². The highest BCUT2D eigenvalue weighted by Crippen LogP contribution is 2.40. The molecule has 1 unspecified atom stereocenters. The van der Waals surface area contributed by atoms with Crippen LogP contribution >= 0.6 is 22.9 Å². The molecule has 2 aliphatic rings. The third-order valence-corrected chi connectivity index (χ3v) is 8.59. The van der Waals surface area contributed by atoms with Gasteiger partial charge in [0, 0.05) is 42.6 Å². The number of likely N-dealkylation sites (tertiary alicyclic amines) is 1. The highest BCUT2D eigenvalue weighted by Gasteiger charge is 2.32. The van der Waals surface area contributed by atoms with E-state index < -0.39 is 16.2 Å². The average Bonchev–Trinajstić information content (AvgIpc) is 3.56. The number of amides is 1. The first-order valence-electron chi connectivity index (χ1n) is 12.4. The molecule has 0 saturated carbocycles. The second kappa shape index (κ2) is 11.1. The quantitative estimate of drug-likeness (QED) is 0.383. The summed E-state index contributed by atoms with van der Waals surface area (Å²) in [6, 6.07) is 8.29. The Morgan fingerprint density at radius 2 is 2.00 bits per heavy atom. The van der Waals surface area contributed by atoms with Gasteiger partial charge >= 0.3 is 10.1 Å². The van der Waals surface area contributed by atoms with Crippen LogP contribution in [-0.2, 0) is 26.3 Å². The molecule has 5 rings (SSSR count). The molecule has 206 valence electrons. The first-order valence-corrected chi connectivity index (χ1v) is 15.5. The number of carbonyl (C=O) groups excluding carboxylic acids is 1. The van der Waals surface area contributed by atoms with E-state index in [4.69, 9.17) is 25.6 Å². The molecule has 13 heteroatoms. The highest BCUT2D eigenvalue weighted by atomic mass is 35.5. The highest BCUT2D eigenvalue weighted by molar-refractivity contribution is 7.86. The number of aryl methyl sites for hydroxylation is 1. The lowest BCUT2D eigenvalue weighted by Gasteiger charge is -2.31. The third kappa shape index (κ3) is 6.18. The van der Waals surface area contributed by atoms with Crippen LogP contribution in [0.1, 0.15) is 53.1 Å². The molecule has 0 bridgehead atoms. The van der Waals surface area contributed by atoms with Gasteiger partial charge in [-0.05, 0) is 38.0 Å². The number of nitrogens with zero attached hydrogens (tertiary/aromatic N) is 4. The summed E-state index contributed by atoms with van der Waals surface area (Å²) in [5.74, 6) is 0.258. The number of carbonyl (C=O) groups is 1. The SMILES string of the molecule is Cc1cccn(CC(=O)N2CCC(c3nc(C4=NOC(c5c(Cl)cccc5OS(C)(=O)=O)C4)cs3)CC2)c1=O. The summed E-state index contributed by atoms with van der Waals surface area (Å²) in [5, 5.41) is 7.43. The molecule has 1 atom stereocenters. The van der Waals surface area contributed by atoms with Gasteiger partial charge in [-0.2, -0.15) is 8.42 Å². The molecule has 1 aromatic carbocycles. The number of aromatic nitrogens is 2. The van der Waals surface area contributed by atoms with Crippen molar-refractivity contribution in [3.05, 3.63) is 79.1 Å². The Bertz CT molecular complexity index is 1590. The molecule has 2 aromatic heterocycles. The van der Waals surface area contributed by atoms with Crippen LogP contribution in [0.15, 0.2) is 51.9 Å². The van der Waals surface area contributed by atoms with E-state index in [1.807, 2.05) is 5.38 Å². The summed E-state index contributed by atoms with van der Waals surface area (Å²) >= 11 is 7.91. The van der Waals surface area contributed by atoms with E-state index in [-0.39, 0.29) is 29.7 Å². The van der Waals surface area contributed by atoms with Gasteiger partial charge in [-0.25, -0.2) is 4.98 Å². The lowest BCUT2D eigenvalue weighted by atomic mass is 9.97. The van der Waals surface area contributed by atoms with Crippen molar-refractivity contribution in [2.45, 2.75) is 44.8 Å². The molecule has 1 fully saturated rings. The second-order valence-corrected chi connectivity index (χ2v) is 12.5. The second-order valence-electron chi connectivity index (χ2n) is 9.63. The van der Waals surface area contributed by atoms with E-state index in [9.17, 15) is 18.0 Å². The summed E-state index contributed by atoms with van der Waals surface area (Å²) < 4.78 is 30.0. The lowest BCUT2D eigenvalue weighted by Crippen LogP contribution is -2.41. The molecule has 1 amide bonds. The van der Waals surface area contributed by atoms with Crippen LogP contribution in [0.2, 0.25) is 5.02 Å². The molecule has 1 saturated heterocycles. The predicted molar refractivity (Wildman–Crippen MR) is 148 cm³/mol. The van der Waals surface area contributed by atoms with Crippen molar-refractivity contribution in [3.63, 3.8) is 0 Å². The number of hydrogen-bond acceptors (Lipinski definition) is 9. The minimum atomic E-state index is -3.75. The molecule has 0 aliphatic carbocycles. The molecule has 0 spiro atoms. The summed E-state index contributed by atoms with van der Waals surface area (Å²) in [5.41, 5.74) is 2.23. The van der Waals surface area contributed by atoms with Crippen LogP contribution in [-0.4, -0.2) is 53.8 Å². The molecule has 10 nitrogen and oxygen atoms in total. The fourth-order valence-corrected chi connectivity index (χ4v) is 6.52. The van der Waals surface area contributed by atoms with Crippen LogP contribution in [0, 0.1) is 6.92 Å². The summed E-state index contributed by atoms with van der Waals surface area (Å²) in [6.07, 6.45) is 3.92.